The lowest BCUT2D eigenvalue weighted by molar-refractivity contribution is 0.00295. The summed E-state index contributed by atoms with van der Waals surface area (Å²) in [4.78, 5) is 0. The largest absolute Gasteiger partial charge is 0.455 e. The van der Waals surface area contributed by atoms with Gasteiger partial charge in [0.15, 0.2) is 0 Å². The summed E-state index contributed by atoms with van der Waals surface area (Å²) in [5, 5.41) is 0. The summed E-state index contributed by atoms with van der Waals surface area (Å²) >= 11 is 0. The SMILES string of the molecule is c1ccc(OC(CC[Si]CC[Si]CCC(Oc2ccccc2)Oc2ccccc2)Oc2ccccc2)cc1. The Labute approximate surface area is 231 Å². The summed E-state index contributed by atoms with van der Waals surface area (Å²) in [5.41, 5.74) is 0. The molecule has 0 amide bonds. The van der Waals surface area contributed by atoms with Crippen LogP contribution >= 0.6 is 0 Å². The van der Waals surface area contributed by atoms with Gasteiger partial charge in [-0.05, 0) is 48.5 Å². The van der Waals surface area contributed by atoms with Crippen molar-refractivity contribution in [1.82, 2.24) is 0 Å². The number of para-hydroxylation sites is 4. The van der Waals surface area contributed by atoms with Crippen LogP contribution in [0.3, 0.4) is 0 Å². The third-order valence-electron chi connectivity index (χ3n) is 5.64. The fourth-order valence-corrected chi connectivity index (χ4v) is 6.55. The van der Waals surface area contributed by atoms with Gasteiger partial charge in [0.1, 0.15) is 23.0 Å². The maximum atomic E-state index is 6.14. The molecule has 0 N–H and O–H groups in total. The van der Waals surface area contributed by atoms with Crippen LogP contribution in [-0.2, 0) is 0 Å². The van der Waals surface area contributed by atoms with E-state index in [-0.39, 0.29) is 12.6 Å². The van der Waals surface area contributed by atoms with E-state index in [1.54, 1.807) is 0 Å². The molecular formula is C32H34O4Si2. The molecule has 0 saturated carbocycles. The molecule has 0 aliphatic heterocycles. The predicted octanol–water partition coefficient (Wildman–Crippen LogP) is 7.82. The van der Waals surface area contributed by atoms with Gasteiger partial charge < -0.3 is 18.9 Å². The first kappa shape index (κ1) is 27.5. The standard InChI is InChI=1S/C32H34O4Si2/c1-5-13-27(14-6-1)33-31(34-28-15-7-2-8-16-28)21-23-37-25-26-38-24-22-32(35-29-17-9-3-10-18-29)36-30-19-11-4-12-20-30/h1-20,31-32H,21-26H2. The van der Waals surface area contributed by atoms with Gasteiger partial charge in [0, 0.05) is 31.9 Å². The van der Waals surface area contributed by atoms with Gasteiger partial charge in [-0.2, -0.15) is 0 Å². The third-order valence-corrected chi connectivity index (χ3v) is 8.63. The smallest absolute Gasteiger partial charge is 0.240 e. The van der Waals surface area contributed by atoms with Crippen LogP contribution in [0, 0.1) is 0 Å². The second-order valence-electron chi connectivity index (χ2n) is 8.66. The molecule has 4 aromatic rings. The van der Waals surface area contributed by atoms with Crippen LogP contribution in [0.4, 0.5) is 0 Å². The summed E-state index contributed by atoms with van der Waals surface area (Å²) < 4.78 is 24.6. The van der Waals surface area contributed by atoms with Crippen LogP contribution < -0.4 is 18.9 Å². The van der Waals surface area contributed by atoms with E-state index in [1.807, 2.05) is 121 Å². The van der Waals surface area contributed by atoms with Gasteiger partial charge in [-0.3, -0.25) is 0 Å². The summed E-state index contributed by atoms with van der Waals surface area (Å²) in [6.45, 7) is 0. The molecule has 38 heavy (non-hydrogen) atoms. The van der Waals surface area contributed by atoms with Crippen LogP contribution in [0.1, 0.15) is 12.8 Å². The van der Waals surface area contributed by atoms with E-state index in [9.17, 15) is 0 Å². The average molecular weight is 539 g/mol. The lowest BCUT2D eigenvalue weighted by Gasteiger charge is -2.21. The van der Waals surface area contributed by atoms with Gasteiger partial charge >= 0.3 is 0 Å². The zero-order chi connectivity index (χ0) is 26.1. The minimum atomic E-state index is -0.291. The van der Waals surface area contributed by atoms with Crippen molar-refractivity contribution < 1.29 is 18.9 Å². The molecule has 4 nitrogen and oxygen atoms in total. The molecule has 194 valence electrons. The molecule has 0 bridgehead atoms. The highest BCUT2D eigenvalue weighted by Gasteiger charge is 2.14. The molecule has 0 heterocycles. The van der Waals surface area contributed by atoms with E-state index in [0.29, 0.717) is 0 Å². The molecule has 0 atom stereocenters. The van der Waals surface area contributed by atoms with Crippen LogP contribution in [0.2, 0.25) is 24.2 Å². The second-order valence-corrected chi connectivity index (χ2v) is 11.7. The predicted molar refractivity (Wildman–Crippen MR) is 156 cm³/mol. The highest BCUT2D eigenvalue weighted by Crippen LogP contribution is 2.20. The maximum Gasteiger partial charge on any atom is 0.240 e. The van der Waals surface area contributed by atoms with Crippen molar-refractivity contribution >= 4 is 19.0 Å². The molecule has 6 heteroatoms. The van der Waals surface area contributed by atoms with Crippen molar-refractivity contribution in [2.24, 2.45) is 0 Å². The van der Waals surface area contributed by atoms with Gasteiger partial charge in [-0.15, -0.1) is 0 Å². The Bertz CT molecular complexity index is 955. The number of hydrogen-bond donors (Lipinski definition) is 0. The molecule has 0 aliphatic carbocycles. The van der Waals surface area contributed by atoms with Crippen LogP contribution in [0.5, 0.6) is 23.0 Å². The zero-order valence-corrected chi connectivity index (χ0v) is 23.6. The lowest BCUT2D eigenvalue weighted by atomic mass is 10.3. The number of benzene rings is 4. The van der Waals surface area contributed by atoms with Gasteiger partial charge in [0.25, 0.3) is 0 Å². The lowest BCUT2D eigenvalue weighted by Crippen LogP contribution is -2.24. The quantitative estimate of drug-likeness (QED) is 0.0780. The van der Waals surface area contributed by atoms with Crippen molar-refractivity contribution in [2.75, 3.05) is 0 Å². The maximum absolute atomic E-state index is 6.14. The Kier molecular flexibility index (Phi) is 11.9. The number of rotatable bonds is 17. The highest BCUT2D eigenvalue weighted by atomic mass is 28.2. The summed E-state index contributed by atoms with van der Waals surface area (Å²) in [5.74, 6) is 3.35. The number of ether oxygens (including phenoxy) is 4. The van der Waals surface area contributed by atoms with E-state index in [1.165, 1.54) is 12.1 Å². The molecule has 0 spiro atoms. The average Bonchev–Trinajstić information content (AvgIpc) is 2.96. The summed E-state index contributed by atoms with van der Waals surface area (Å²) in [6, 6.07) is 44.3. The molecule has 0 aliphatic rings. The molecule has 0 unspecified atom stereocenters. The highest BCUT2D eigenvalue weighted by molar-refractivity contribution is 6.42. The Morgan fingerprint density at radius 3 is 0.895 bits per heavy atom. The topological polar surface area (TPSA) is 36.9 Å². The fourth-order valence-electron chi connectivity index (χ4n) is 3.75. The number of hydrogen-bond acceptors (Lipinski definition) is 4. The minimum Gasteiger partial charge on any atom is -0.455 e. The van der Waals surface area contributed by atoms with Crippen molar-refractivity contribution in [1.29, 1.82) is 0 Å². The van der Waals surface area contributed by atoms with Crippen molar-refractivity contribution in [3.8, 4) is 23.0 Å². The van der Waals surface area contributed by atoms with Gasteiger partial charge in [-0.25, -0.2) is 0 Å². The molecule has 4 aromatic carbocycles. The van der Waals surface area contributed by atoms with E-state index in [0.717, 1.165) is 67.0 Å². The molecule has 0 aromatic heterocycles. The summed E-state index contributed by atoms with van der Waals surface area (Å²) in [6.07, 6.45) is 1.15. The van der Waals surface area contributed by atoms with Crippen LogP contribution in [-0.4, -0.2) is 31.6 Å². The molecule has 0 saturated heterocycles. The fraction of sp³-hybridized carbons (Fsp3) is 0.250. The van der Waals surface area contributed by atoms with Crippen LogP contribution in [0.15, 0.2) is 121 Å². The Hall–Kier alpha value is -3.49. The Morgan fingerprint density at radius 2 is 0.632 bits per heavy atom. The first-order valence-corrected chi connectivity index (χ1v) is 16.0. The van der Waals surface area contributed by atoms with Crippen LogP contribution in [0.25, 0.3) is 0 Å². The zero-order valence-electron chi connectivity index (χ0n) is 21.6. The van der Waals surface area contributed by atoms with Gasteiger partial charge in [-0.1, -0.05) is 97.0 Å². The summed E-state index contributed by atoms with van der Waals surface area (Å²) in [7, 11) is 1.78. The van der Waals surface area contributed by atoms with E-state index in [4.69, 9.17) is 18.9 Å². The molecule has 4 rings (SSSR count). The minimum absolute atomic E-state index is 0.291. The Balaban J connectivity index is 1.16. The second kappa shape index (κ2) is 16.4. The van der Waals surface area contributed by atoms with Gasteiger partial charge in [0.05, 0.1) is 0 Å². The van der Waals surface area contributed by atoms with Crippen molar-refractivity contribution in [2.45, 2.75) is 49.6 Å². The molecular weight excluding hydrogens is 505 g/mol. The molecule has 0 fully saturated rings. The van der Waals surface area contributed by atoms with Gasteiger partial charge in [0.2, 0.25) is 12.6 Å². The first-order chi connectivity index (χ1) is 18.8. The van der Waals surface area contributed by atoms with E-state index < -0.39 is 0 Å². The third kappa shape index (κ3) is 10.5. The molecule has 4 radical (unpaired) electrons. The van der Waals surface area contributed by atoms with E-state index in [2.05, 4.69) is 0 Å². The first-order valence-electron chi connectivity index (χ1n) is 13.1. The Morgan fingerprint density at radius 1 is 0.368 bits per heavy atom. The van der Waals surface area contributed by atoms with Crippen molar-refractivity contribution in [3.63, 3.8) is 0 Å². The normalized spacial score (nSPS) is 10.9. The van der Waals surface area contributed by atoms with Crippen molar-refractivity contribution in [3.05, 3.63) is 121 Å². The van der Waals surface area contributed by atoms with E-state index >= 15 is 0 Å². The monoisotopic (exact) mass is 538 g/mol.